The molecule has 0 saturated carbocycles. The summed E-state index contributed by atoms with van der Waals surface area (Å²) in [6, 6.07) is 6.61. The highest BCUT2D eigenvalue weighted by molar-refractivity contribution is 6.04. The van der Waals surface area contributed by atoms with E-state index in [-0.39, 0.29) is 30.2 Å². The van der Waals surface area contributed by atoms with Crippen LogP contribution in [0.25, 0.3) is 0 Å². The van der Waals surface area contributed by atoms with Crippen LogP contribution in [0.3, 0.4) is 0 Å². The fourth-order valence-corrected chi connectivity index (χ4v) is 2.23. The second-order valence-electron chi connectivity index (χ2n) is 4.57. The van der Waals surface area contributed by atoms with Crippen molar-refractivity contribution >= 4 is 23.3 Å². The fourth-order valence-electron chi connectivity index (χ4n) is 2.23. The average Bonchev–Trinajstić information content (AvgIpc) is 2.38. The van der Waals surface area contributed by atoms with Crippen LogP contribution >= 0.6 is 0 Å². The average molecular weight is 260 g/mol. The highest BCUT2D eigenvalue weighted by atomic mass is 16.2. The standard InChI is InChI=1S/C14H16N2O3/c1-3-12-14(19)15-13(18)8-16(12)11-6-4-10(5-7-11)9(2)17/h4-7,12H,3,8H2,1-2H3,(H,15,18,19). The molecule has 19 heavy (non-hydrogen) atoms. The predicted molar refractivity (Wildman–Crippen MR) is 71.0 cm³/mol. The highest BCUT2D eigenvalue weighted by Gasteiger charge is 2.32. The van der Waals surface area contributed by atoms with E-state index in [0.29, 0.717) is 12.0 Å². The van der Waals surface area contributed by atoms with Crippen molar-refractivity contribution in [3.63, 3.8) is 0 Å². The molecule has 2 rings (SSSR count). The van der Waals surface area contributed by atoms with E-state index >= 15 is 0 Å². The molecule has 1 heterocycles. The number of rotatable bonds is 3. The van der Waals surface area contributed by atoms with Gasteiger partial charge in [0.2, 0.25) is 11.8 Å². The fraction of sp³-hybridized carbons (Fsp3) is 0.357. The summed E-state index contributed by atoms with van der Waals surface area (Å²) in [6.07, 6.45) is 0.619. The maximum atomic E-state index is 11.8. The minimum absolute atomic E-state index is 0.00828. The normalized spacial score (nSPS) is 19.3. The van der Waals surface area contributed by atoms with Crippen molar-refractivity contribution in [3.8, 4) is 0 Å². The van der Waals surface area contributed by atoms with E-state index < -0.39 is 0 Å². The van der Waals surface area contributed by atoms with Crippen molar-refractivity contribution in [1.29, 1.82) is 0 Å². The number of Topliss-reactive ketones (excluding diaryl/α,β-unsaturated/α-hetero) is 1. The first kappa shape index (κ1) is 13.3. The molecule has 1 unspecified atom stereocenters. The Bertz CT molecular complexity index is 522. The lowest BCUT2D eigenvalue weighted by atomic mass is 10.1. The van der Waals surface area contributed by atoms with E-state index in [9.17, 15) is 14.4 Å². The van der Waals surface area contributed by atoms with Gasteiger partial charge in [-0.15, -0.1) is 0 Å². The Morgan fingerprint density at radius 3 is 2.47 bits per heavy atom. The number of benzene rings is 1. The number of hydrogen-bond donors (Lipinski definition) is 1. The summed E-state index contributed by atoms with van der Waals surface area (Å²) in [4.78, 5) is 36.2. The van der Waals surface area contributed by atoms with Gasteiger partial charge in [0.05, 0.1) is 6.54 Å². The van der Waals surface area contributed by atoms with Gasteiger partial charge in [-0.25, -0.2) is 0 Å². The van der Waals surface area contributed by atoms with Gasteiger partial charge in [0.1, 0.15) is 6.04 Å². The molecule has 0 aromatic heterocycles. The molecule has 0 bridgehead atoms. The minimum Gasteiger partial charge on any atom is -0.350 e. The molecule has 100 valence electrons. The molecular weight excluding hydrogens is 244 g/mol. The summed E-state index contributed by atoms with van der Waals surface area (Å²) in [5.74, 6) is -0.578. The Hall–Kier alpha value is -2.17. The second kappa shape index (κ2) is 5.22. The molecule has 1 aliphatic rings. The summed E-state index contributed by atoms with van der Waals surface area (Å²) < 4.78 is 0. The van der Waals surface area contributed by atoms with Crippen molar-refractivity contribution < 1.29 is 14.4 Å². The Morgan fingerprint density at radius 1 is 1.32 bits per heavy atom. The van der Waals surface area contributed by atoms with Gasteiger partial charge in [-0.2, -0.15) is 0 Å². The monoisotopic (exact) mass is 260 g/mol. The molecule has 1 saturated heterocycles. The number of hydrogen-bond acceptors (Lipinski definition) is 4. The van der Waals surface area contributed by atoms with E-state index in [1.54, 1.807) is 29.2 Å². The summed E-state index contributed by atoms with van der Waals surface area (Å²) in [6.45, 7) is 3.56. The van der Waals surface area contributed by atoms with Gasteiger partial charge in [0, 0.05) is 11.3 Å². The van der Waals surface area contributed by atoms with E-state index in [1.807, 2.05) is 6.92 Å². The Morgan fingerprint density at radius 2 is 1.95 bits per heavy atom. The van der Waals surface area contributed by atoms with Crippen LogP contribution in [-0.2, 0) is 9.59 Å². The molecule has 1 aromatic rings. The van der Waals surface area contributed by atoms with Crippen molar-refractivity contribution in [2.45, 2.75) is 26.3 Å². The molecular formula is C14H16N2O3. The Kier molecular flexibility index (Phi) is 3.64. The van der Waals surface area contributed by atoms with Crippen LogP contribution in [-0.4, -0.2) is 30.2 Å². The number of anilines is 1. The first-order valence-corrected chi connectivity index (χ1v) is 6.24. The third-order valence-electron chi connectivity index (χ3n) is 3.25. The third-order valence-corrected chi connectivity index (χ3v) is 3.25. The van der Waals surface area contributed by atoms with Crippen molar-refractivity contribution in [3.05, 3.63) is 29.8 Å². The van der Waals surface area contributed by atoms with Gasteiger partial charge in [0.25, 0.3) is 0 Å². The summed E-state index contributed by atoms with van der Waals surface area (Å²) in [5.41, 5.74) is 1.39. The SMILES string of the molecule is CCC1C(=O)NC(=O)CN1c1ccc(C(C)=O)cc1. The van der Waals surface area contributed by atoms with Gasteiger partial charge >= 0.3 is 0 Å². The molecule has 2 amide bonds. The molecule has 5 nitrogen and oxygen atoms in total. The second-order valence-corrected chi connectivity index (χ2v) is 4.57. The smallest absolute Gasteiger partial charge is 0.249 e. The van der Waals surface area contributed by atoms with E-state index in [2.05, 4.69) is 5.32 Å². The number of amides is 2. The largest absolute Gasteiger partial charge is 0.350 e. The van der Waals surface area contributed by atoms with Gasteiger partial charge in [-0.1, -0.05) is 6.92 Å². The van der Waals surface area contributed by atoms with Crippen LogP contribution in [0.5, 0.6) is 0 Å². The highest BCUT2D eigenvalue weighted by Crippen LogP contribution is 2.21. The zero-order valence-corrected chi connectivity index (χ0v) is 11.0. The molecule has 0 spiro atoms. The lowest BCUT2D eigenvalue weighted by Crippen LogP contribution is -2.58. The van der Waals surface area contributed by atoms with E-state index in [0.717, 1.165) is 5.69 Å². The first-order chi connectivity index (χ1) is 9.02. The predicted octanol–water partition coefficient (Wildman–Crippen LogP) is 1.13. The van der Waals surface area contributed by atoms with Crippen molar-refractivity contribution in [2.75, 3.05) is 11.4 Å². The van der Waals surface area contributed by atoms with Gasteiger partial charge in [-0.05, 0) is 37.6 Å². The van der Waals surface area contributed by atoms with Gasteiger partial charge in [0.15, 0.2) is 5.78 Å². The van der Waals surface area contributed by atoms with Gasteiger partial charge < -0.3 is 4.90 Å². The summed E-state index contributed by atoms with van der Waals surface area (Å²) in [5, 5.41) is 2.34. The quantitative estimate of drug-likeness (QED) is 0.653. The number of ketones is 1. The van der Waals surface area contributed by atoms with E-state index in [4.69, 9.17) is 0 Å². The topological polar surface area (TPSA) is 66.5 Å². The third kappa shape index (κ3) is 2.65. The number of carbonyl (C=O) groups is 3. The van der Waals surface area contributed by atoms with Crippen molar-refractivity contribution in [2.24, 2.45) is 0 Å². The van der Waals surface area contributed by atoms with Crippen LogP contribution in [0, 0.1) is 0 Å². The maximum Gasteiger partial charge on any atom is 0.249 e. The van der Waals surface area contributed by atoms with Crippen LogP contribution in [0.4, 0.5) is 5.69 Å². The molecule has 1 fully saturated rings. The molecule has 0 aliphatic carbocycles. The molecule has 1 atom stereocenters. The minimum atomic E-state index is -0.346. The van der Waals surface area contributed by atoms with Gasteiger partial charge in [-0.3, -0.25) is 19.7 Å². The lowest BCUT2D eigenvalue weighted by molar-refractivity contribution is -0.132. The Labute approximate surface area is 111 Å². The molecule has 1 N–H and O–H groups in total. The van der Waals surface area contributed by atoms with E-state index in [1.165, 1.54) is 6.92 Å². The summed E-state index contributed by atoms with van der Waals surface area (Å²) in [7, 11) is 0. The van der Waals surface area contributed by atoms with Crippen molar-refractivity contribution in [1.82, 2.24) is 5.32 Å². The van der Waals surface area contributed by atoms with Crippen LogP contribution in [0.15, 0.2) is 24.3 Å². The zero-order valence-electron chi connectivity index (χ0n) is 11.0. The zero-order chi connectivity index (χ0) is 14.0. The van der Waals surface area contributed by atoms with Crippen LogP contribution in [0.1, 0.15) is 30.6 Å². The summed E-state index contributed by atoms with van der Waals surface area (Å²) >= 11 is 0. The molecule has 5 heteroatoms. The van der Waals surface area contributed by atoms with Crippen LogP contribution < -0.4 is 10.2 Å². The lowest BCUT2D eigenvalue weighted by Gasteiger charge is -2.35. The number of nitrogens with zero attached hydrogens (tertiary/aromatic N) is 1. The molecule has 1 aromatic carbocycles. The van der Waals surface area contributed by atoms with Crippen LogP contribution in [0.2, 0.25) is 0 Å². The molecule has 1 aliphatic heterocycles. The Balaban J connectivity index is 2.29. The maximum absolute atomic E-state index is 11.8. The number of nitrogens with one attached hydrogen (secondary N) is 1. The number of imide groups is 1. The molecule has 0 radical (unpaired) electrons. The number of piperazine rings is 1. The first-order valence-electron chi connectivity index (χ1n) is 6.24. The number of carbonyl (C=O) groups excluding carboxylic acids is 3.